The molecule has 1 aliphatic heterocycles. The molecule has 0 spiro atoms. The molecule has 5 N–H and O–H groups in total. The Morgan fingerprint density at radius 3 is 2.58 bits per heavy atom. The number of alkyl halides is 2. The highest BCUT2D eigenvalue weighted by molar-refractivity contribution is 5.77. The summed E-state index contributed by atoms with van der Waals surface area (Å²) in [5.74, 6) is -7.02. The lowest BCUT2D eigenvalue weighted by atomic mass is 9.86. The molecule has 2 unspecified atom stereocenters. The van der Waals surface area contributed by atoms with Gasteiger partial charge in [-0.15, -0.1) is 5.10 Å². The van der Waals surface area contributed by atoms with Gasteiger partial charge in [-0.05, 0) is 10.4 Å². The van der Waals surface area contributed by atoms with Gasteiger partial charge in [0, 0.05) is 6.92 Å². The summed E-state index contributed by atoms with van der Waals surface area (Å²) in [7, 11) is 0. The van der Waals surface area contributed by atoms with Gasteiger partial charge in [0.15, 0.2) is 6.17 Å². The minimum atomic E-state index is -3.94. The van der Waals surface area contributed by atoms with Gasteiger partial charge in [0.2, 0.25) is 5.91 Å². The van der Waals surface area contributed by atoms with E-state index in [4.69, 9.17) is 10.2 Å². The van der Waals surface area contributed by atoms with Crippen LogP contribution in [0.1, 0.15) is 13.0 Å². The lowest BCUT2D eigenvalue weighted by molar-refractivity contribution is -0.283. The van der Waals surface area contributed by atoms with E-state index >= 15 is 0 Å². The number of tetrazole rings is 1. The fourth-order valence-electron chi connectivity index (χ4n) is 2.72. The molecule has 7 atom stereocenters. The van der Waals surface area contributed by atoms with Gasteiger partial charge in [-0.2, -0.15) is 4.39 Å². The van der Waals surface area contributed by atoms with Crippen LogP contribution in [0.4, 0.5) is 8.78 Å². The molecule has 1 amide bonds. The number of nitrogens with one attached hydrogen (secondary N) is 1. The van der Waals surface area contributed by atoms with Gasteiger partial charge in [-0.3, -0.25) is 4.79 Å². The maximum Gasteiger partial charge on any atom is 0.372 e. The molecule has 1 aromatic heterocycles. The fourth-order valence-corrected chi connectivity index (χ4v) is 2.72. The molecular formula is C12H17F2N5O7. The molecule has 2 rings (SSSR count). The zero-order valence-electron chi connectivity index (χ0n) is 13.3. The van der Waals surface area contributed by atoms with E-state index < -0.39 is 60.9 Å². The smallest absolute Gasteiger partial charge is 0.372 e. The summed E-state index contributed by atoms with van der Waals surface area (Å²) in [6.45, 7) is 0.0407. The number of hydrogen-bond acceptors (Lipinski definition) is 9. The number of aliphatic hydroxyl groups excluding tert-OH is 3. The number of rotatable bonds is 6. The first kappa shape index (κ1) is 20.0. The first-order valence-corrected chi connectivity index (χ1v) is 7.34. The number of amides is 1. The molecule has 146 valence electrons. The lowest BCUT2D eigenvalue weighted by Crippen LogP contribution is -2.69. The maximum atomic E-state index is 14.8. The van der Waals surface area contributed by atoms with Crippen LogP contribution in [0, 0.1) is 0 Å². The van der Waals surface area contributed by atoms with Crippen LogP contribution in [-0.2, 0) is 14.3 Å². The van der Waals surface area contributed by atoms with Crippen LogP contribution < -0.4 is 5.32 Å². The molecule has 0 bridgehead atoms. The molecule has 2 heterocycles. The van der Waals surface area contributed by atoms with Gasteiger partial charge in [0.25, 0.3) is 0 Å². The zero-order valence-corrected chi connectivity index (χ0v) is 13.3. The van der Waals surface area contributed by atoms with Crippen molar-refractivity contribution in [1.29, 1.82) is 0 Å². The number of carboxylic acids is 1. The number of nitrogens with zero attached hydrogens (tertiary/aromatic N) is 4. The molecule has 0 radical (unpaired) electrons. The van der Waals surface area contributed by atoms with Crippen molar-refractivity contribution in [3.63, 3.8) is 0 Å². The molecule has 12 nitrogen and oxygen atoms in total. The Morgan fingerprint density at radius 2 is 2.12 bits per heavy atom. The minimum absolute atomic E-state index is 0.663. The van der Waals surface area contributed by atoms with E-state index in [1.165, 1.54) is 0 Å². The monoisotopic (exact) mass is 381 g/mol. The van der Waals surface area contributed by atoms with Crippen LogP contribution in [0.15, 0.2) is 6.33 Å². The topological polar surface area (TPSA) is 180 Å². The molecule has 0 saturated carbocycles. The third-order valence-electron chi connectivity index (χ3n) is 3.93. The SMILES string of the molecule is CC(=O)N[C@H]1[C@H]([C@H](O)[C@H](O)CO)OC(F)(C(=O)O)C(F)[C@@H]1n1cnnn1. The number of carbonyl (C=O) groups excluding carboxylic acids is 1. The lowest BCUT2D eigenvalue weighted by Gasteiger charge is -2.46. The molecule has 1 aliphatic rings. The van der Waals surface area contributed by atoms with Crippen molar-refractivity contribution in [1.82, 2.24) is 25.5 Å². The Morgan fingerprint density at radius 1 is 1.46 bits per heavy atom. The van der Waals surface area contributed by atoms with E-state index in [1.807, 2.05) is 0 Å². The minimum Gasteiger partial charge on any atom is -0.477 e. The largest absolute Gasteiger partial charge is 0.477 e. The van der Waals surface area contributed by atoms with E-state index in [2.05, 4.69) is 25.6 Å². The van der Waals surface area contributed by atoms with Crippen LogP contribution >= 0.6 is 0 Å². The van der Waals surface area contributed by atoms with E-state index in [-0.39, 0.29) is 0 Å². The van der Waals surface area contributed by atoms with Crippen molar-refractivity contribution in [2.24, 2.45) is 0 Å². The first-order chi connectivity index (χ1) is 12.1. The second-order valence-electron chi connectivity index (χ2n) is 5.68. The number of carboxylic acid groups (broad SMARTS) is 1. The predicted octanol–water partition coefficient (Wildman–Crippen LogP) is -3.08. The standard InChI is InChI=1S/C12H17F2N5O7/c1-4(21)16-6-7(19-3-15-17-18-19)10(13)12(14,11(24)25)26-9(6)8(23)5(22)2-20/h3,5-10,20,22-23H,2H2,1H3,(H,16,21)(H,24,25)/t5-,6-,7-,8-,9-,10?,12?/m1/s1. The average molecular weight is 381 g/mol. The molecule has 1 saturated heterocycles. The maximum absolute atomic E-state index is 14.8. The molecule has 26 heavy (non-hydrogen) atoms. The number of hydrogen-bond donors (Lipinski definition) is 5. The summed E-state index contributed by atoms with van der Waals surface area (Å²) < 4.78 is 34.8. The quantitative estimate of drug-likeness (QED) is 0.339. The van der Waals surface area contributed by atoms with Gasteiger partial charge in [-0.1, -0.05) is 0 Å². The number of aromatic nitrogens is 4. The second kappa shape index (κ2) is 7.53. The molecule has 1 aromatic rings. The molecule has 1 fully saturated rings. The van der Waals surface area contributed by atoms with E-state index in [9.17, 15) is 28.6 Å². The third kappa shape index (κ3) is 3.48. The number of ether oxygens (including phenoxy) is 1. The van der Waals surface area contributed by atoms with Gasteiger partial charge < -0.3 is 30.5 Å². The Balaban J connectivity index is 2.55. The highest BCUT2D eigenvalue weighted by atomic mass is 19.2. The van der Waals surface area contributed by atoms with Crippen LogP contribution in [-0.4, -0.2) is 95.5 Å². The van der Waals surface area contributed by atoms with E-state index in [1.54, 1.807) is 0 Å². The summed E-state index contributed by atoms with van der Waals surface area (Å²) in [6.07, 6.45) is -7.96. The first-order valence-electron chi connectivity index (χ1n) is 7.34. The summed E-state index contributed by atoms with van der Waals surface area (Å²) in [6, 6.07) is -3.42. The Labute approximate surface area is 144 Å². The summed E-state index contributed by atoms with van der Waals surface area (Å²) in [4.78, 5) is 22.7. The van der Waals surface area contributed by atoms with Crippen molar-refractivity contribution in [3.05, 3.63) is 6.33 Å². The van der Waals surface area contributed by atoms with Gasteiger partial charge >= 0.3 is 11.8 Å². The van der Waals surface area contributed by atoms with Crippen LogP contribution in [0.25, 0.3) is 0 Å². The summed E-state index contributed by atoms with van der Waals surface area (Å²) >= 11 is 0. The molecule has 0 aromatic carbocycles. The Kier molecular flexibility index (Phi) is 5.80. The molecular weight excluding hydrogens is 364 g/mol. The number of aliphatic carboxylic acids is 1. The summed E-state index contributed by atoms with van der Waals surface area (Å²) in [5.41, 5.74) is 0. The fraction of sp³-hybridized carbons (Fsp3) is 0.750. The van der Waals surface area contributed by atoms with Crippen molar-refractivity contribution in [2.75, 3.05) is 6.61 Å². The van der Waals surface area contributed by atoms with E-state index in [0.717, 1.165) is 13.3 Å². The van der Waals surface area contributed by atoms with Crippen LogP contribution in [0.2, 0.25) is 0 Å². The summed E-state index contributed by atoms with van der Waals surface area (Å²) in [5, 5.41) is 49.9. The number of halogens is 2. The van der Waals surface area contributed by atoms with Crippen LogP contribution in [0.3, 0.4) is 0 Å². The van der Waals surface area contributed by atoms with Crippen molar-refractivity contribution in [3.8, 4) is 0 Å². The molecule has 14 heteroatoms. The van der Waals surface area contributed by atoms with Crippen molar-refractivity contribution < 1.29 is 43.5 Å². The Bertz CT molecular complexity index is 650. The Hall–Kier alpha value is -2.29. The molecule has 0 aliphatic carbocycles. The zero-order chi connectivity index (χ0) is 19.6. The third-order valence-corrected chi connectivity index (χ3v) is 3.93. The number of aliphatic hydroxyl groups is 3. The van der Waals surface area contributed by atoms with Gasteiger partial charge in [-0.25, -0.2) is 13.9 Å². The van der Waals surface area contributed by atoms with Gasteiger partial charge in [0.1, 0.15) is 30.7 Å². The van der Waals surface area contributed by atoms with E-state index in [0.29, 0.717) is 4.68 Å². The average Bonchev–Trinajstić information content (AvgIpc) is 3.10. The van der Waals surface area contributed by atoms with Gasteiger partial charge in [0.05, 0.1) is 12.6 Å². The predicted molar refractivity (Wildman–Crippen MR) is 74.8 cm³/mol. The van der Waals surface area contributed by atoms with Crippen molar-refractivity contribution >= 4 is 11.9 Å². The van der Waals surface area contributed by atoms with Crippen molar-refractivity contribution in [2.45, 2.75) is 49.3 Å². The highest BCUT2D eigenvalue weighted by Crippen LogP contribution is 2.41. The van der Waals surface area contributed by atoms with Crippen LogP contribution in [0.5, 0.6) is 0 Å². The normalized spacial score (nSPS) is 34.1. The highest BCUT2D eigenvalue weighted by Gasteiger charge is 2.64. The second-order valence-corrected chi connectivity index (χ2v) is 5.68. The number of carbonyl (C=O) groups is 2.